The molecule has 1 aromatic rings. The summed E-state index contributed by atoms with van der Waals surface area (Å²) >= 11 is 0. The number of hydrogen-bond acceptors (Lipinski definition) is 5. The Labute approximate surface area is 205 Å². The van der Waals surface area contributed by atoms with E-state index in [1.54, 1.807) is 14.2 Å². The van der Waals surface area contributed by atoms with Gasteiger partial charge in [-0.3, -0.25) is 4.99 Å². The summed E-state index contributed by atoms with van der Waals surface area (Å²) in [5.41, 5.74) is 1.18. The predicted molar refractivity (Wildman–Crippen MR) is 139 cm³/mol. The molecule has 176 valence electrons. The third kappa shape index (κ3) is 7.68. The van der Waals surface area contributed by atoms with Crippen molar-refractivity contribution in [2.75, 3.05) is 84.6 Å². The molecule has 3 rings (SSSR count). The second kappa shape index (κ2) is 14.0. The zero-order chi connectivity index (χ0) is 21.2. The highest BCUT2D eigenvalue weighted by molar-refractivity contribution is 14.0. The first-order valence-corrected chi connectivity index (χ1v) is 11.4. The highest BCUT2D eigenvalue weighted by Gasteiger charge is 2.23. The third-order valence-corrected chi connectivity index (χ3v) is 6.16. The van der Waals surface area contributed by atoms with Crippen LogP contribution in [0.3, 0.4) is 0 Å². The first-order valence-electron chi connectivity index (χ1n) is 11.4. The summed E-state index contributed by atoms with van der Waals surface area (Å²) in [6, 6.07) is 8.29. The molecule has 0 atom stereocenters. The standard InChI is InChI=1S/C23H39N5O2.HI/c1-4-24-23(25-19-20-9-11-26(12-10-20)17-18-29-2)28-15-13-27(14-16-28)21-7-5-6-8-22(21)30-3;/h5-8,20H,4,9-19H2,1-3H3,(H,24,25);1H. The second-order valence-corrected chi connectivity index (χ2v) is 8.12. The Morgan fingerprint density at radius 1 is 1.06 bits per heavy atom. The lowest BCUT2D eigenvalue weighted by Crippen LogP contribution is -2.52. The van der Waals surface area contributed by atoms with E-state index in [4.69, 9.17) is 14.5 Å². The van der Waals surface area contributed by atoms with Crippen molar-refractivity contribution in [1.29, 1.82) is 0 Å². The van der Waals surface area contributed by atoms with Crippen LogP contribution in [0.2, 0.25) is 0 Å². The van der Waals surface area contributed by atoms with E-state index in [0.717, 1.165) is 77.2 Å². The van der Waals surface area contributed by atoms with Crippen LogP contribution in [-0.2, 0) is 4.74 Å². The van der Waals surface area contributed by atoms with Crippen molar-refractivity contribution in [2.45, 2.75) is 19.8 Å². The number of nitrogens with one attached hydrogen (secondary N) is 1. The monoisotopic (exact) mass is 545 g/mol. The average Bonchev–Trinajstić information content (AvgIpc) is 2.81. The van der Waals surface area contributed by atoms with Gasteiger partial charge in [0.15, 0.2) is 5.96 Å². The van der Waals surface area contributed by atoms with Crippen LogP contribution < -0.4 is 15.0 Å². The summed E-state index contributed by atoms with van der Waals surface area (Å²) in [6.07, 6.45) is 2.46. The summed E-state index contributed by atoms with van der Waals surface area (Å²) in [5, 5.41) is 3.51. The number of methoxy groups -OCH3 is 2. The molecule has 1 aromatic carbocycles. The minimum atomic E-state index is 0. The third-order valence-electron chi connectivity index (χ3n) is 6.16. The zero-order valence-electron chi connectivity index (χ0n) is 19.4. The Balaban J connectivity index is 0.00000341. The fourth-order valence-electron chi connectivity index (χ4n) is 4.30. The maximum absolute atomic E-state index is 5.54. The lowest BCUT2D eigenvalue weighted by atomic mass is 9.97. The molecule has 0 aromatic heterocycles. The van der Waals surface area contributed by atoms with Crippen LogP contribution in [-0.4, -0.2) is 95.5 Å². The Hall–Kier alpha value is -1.26. The van der Waals surface area contributed by atoms with Gasteiger partial charge in [-0.1, -0.05) is 12.1 Å². The summed E-state index contributed by atoms with van der Waals surface area (Å²) < 4.78 is 10.7. The number of likely N-dealkylation sites (tertiary alicyclic amines) is 1. The van der Waals surface area contributed by atoms with E-state index in [-0.39, 0.29) is 24.0 Å². The highest BCUT2D eigenvalue weighted by Crippen LogP contribution is 2.28. The van der Waals surface area contributed by atoms with Crippen molar-refractivity contribution in [3.8, 4) is 5.75 Å². The minimum absolute atomic E-state index is 0. The quantitative estimate of drug-likeness (QED) is 0.308. The van der Waals surface area contributed by atoms with Gasteiger partial charge in [-0.2, -0.15) is 0 Å². The molecule has 0 spiro atoms. The largest absolute Gasteiger partial charge is 0.495 e. The minimum Gasteiger partial charge on any atom is -0.495 e. The van der Waals surface area contributed by atoms with Crippen LogP contribution in [0, 0.1) is 5.92 Å². The molecular weight excluding hydrogens is 505 g/mol. The molecule has 0 unspecified atom stereocenters. The van der Waals surface area contributed by atoms with Crippen molar-refractivity contribution in [3.05, 3.63) is 24.3 Å². The van der Waals surface area contributed by atoms with Gasteiger partial charge in [0.2, 0.25) is 0 Å². The number of nitrogens with zero attached hydrogens (tertiary/aromatic N) is 4. The lowest BCUT2D eigenvalue weighted by Gasteiger charge is -2.38. The number of piperidine rings is 1. The van der Waals surface area contributed by atoms with Crippen molar-refractivity contribution < 1.29 is 9.47 Å². The number of benzene rings is 1. The van der Waals surface area contributed by atoms with Gasteiger partial charge < -0.3 is 29.5 Å². The van der Waals surface area contributed by atoms with Gasteiger partial charge in [-0.15, -0.1) is 24.0 Å². The van der Waals surface area contributed by atoms with Crippen LogP contribution in [0.5, 0.6) is 5.75 Å². The van der Waals surface area contributed by atoms with Crippen molar-refractivity contribution in [2.24, 2.45) is 10.9 Å². The van der Waals surface area contributed by atoms with E-state index in [9.17, 15) is 0 Å². The number of piperazine rings is 1. The summed E-state index contributed by atoms with van der Waals surface area (Å²) in [5.74, 6) is 2.70. The number of hydrogen-bond donors (Lipinski definition) is 1. The molecule has 31 heavy (non-hydrogen) atoms. The second-order valence-electron chi connectivity index (χ2n) is 8.12. The van der Waals surface area contributed by atoms with Gasteiger partial charge in [0, 0.05) is 52.9 Å². The number of para-hydroxylation sites is 2. The number of guanidine groups is 1. The van der Waals surface area contributed by atoms with E-state index in [0.29, 0.717) is 5.92 Å². The van der Waals surface area contributed by atoms with Crippen LogP contribution >= 0.6 is 24.0 Å². The van der Waals surface area contributed by atoms with Crippen molar-refractivity contribution in [3.63, 3.8) is 0 Å². The first kappa shape index (κ1) is 26.0. The van der Waals surface area contributed by atoms with Crippen LogP contribution in [0.1, 0.15) is 19.8 Å². The van der Waals surface area contributed by atoms with Gasteiger partial charge in [0.05, 0.1) is 19.4 Å². The Bertz CT molecular complexity index is 659. The molecule has 0 amide bonds. The summed E-state index contributed by atoms with van der Waals surface area (Å²) in [7, 11) is 3.52. The molecule has 0 bridgehead atoms. The van der Waals surface area contributed by atoms with Gasteiger partial charge in [0.25, 0.3) is 0 Å². The Kier molecular flexibility index (Phi) is 11.7. The van der Waals surface area contributed by atoms with Gasteiger partial charge in [-0.25, -0.2) is 0 Å². The lowest BCUT2D eigenvalue weighted by molar-refractivity contribution is 0.121. The topological polar surface area (TPSA) is 52.6 Å². The predicted octanol–water partition coefficient (Wildman–Crippen LogP) is 2.76. The molecule has 0 aliphatic carbocycles. The van der Waals surface area contributed by atoms with Gasteiger partial charge in [-0.05, 0) is 50.9 Å². The van der Waals surface area contributed by atoms with E-state index >= 15 is 0 Å². The Morgan fingerprint density at radius 2 is 1.77 bits per heavy atom. The molecule has 0 saturated carbocycles. The number of aliphatic imine (C=N–C) groups is 1. The molecule has 0 radical (unpaired) electrons. The molecule has 7 nitrogen and oxygen atoms in total. The summed E-state index contributed by atoms with van der Waals surface area (Å²) in [6.45, 7) is 12.1. The highest BCUT2D eigenvalue weighted by atomic mass is 127. The maximum atomic E-state index is 5.54. The van der Waals surface area contributed by atoms with Crippen LogP contribution in [0.25, 0.3) is 0 Å². The van der Waals surface area contributed by atoms with E-state index in [2.05, 4.69) is 39.1 Å². The fourth-order valence-corrected chi connectivity index (χ4v) is 4.30. The summed E-state index contributed by atoms with van der Waals surface area (Å²) in [4.78, 5) is 12.3. The molecular formula is C23H40IN5O2. The fraction of sp³-hybridized carbons (Fsp3) is 0.696. The molecule has 8 heteroatoms. The molecule has 2 aliphatic rings. The maximum Gasteiger partial charge on any atom is 0.194 e. The van der Waals surface area contributed by atoms with E-state index in [1.807, 2.05) is 12.1 Å². The van der Waals surface area contributed by atoms with Crippen LogP contribution in [0.15, 0.2) is 29.3 Å². The average molecular weight is 546 g/mol. The van der Waals surface area contributed by atoms with E-state index in [1.165, 1.54) is 18.5 Å². The molecule has 2 fully saturated rings. The number of halogens is 1. The van der Waals surface area contributed by atoms with E-state index < -0.39 is 0 Å². The number of rotatable bonds is 8. The van der Waals surface area contributed by atoms with Crippen molar-refractivity contribution >= 4 is 35.6 Å². The molecule has 2 aliphatic heterocycles. The number of ether oxygens (including phenoxy) is 2. The van der Waals surface area contributed by atoms with Crippen LogP contribution in [0.4, 0.5) is 5.69 Å². The zero-order valence-corrected chi connectivity index (χ0v) is 21.7. The normalized spacial score (nSPS) is 18.6. The molecule has 2 saturated heterocycles. The first-order chi connectivity index (χ1) is 14.7. The number of anilines is 1. The molecule has 2 heterocycles. The smallest absolute Gasteiger partial charge is 0.194 e. The Morgan fingerprint density at radius 3 is 2.42 bits per heavy atom. The molecule has 1 N–H and O–H groups in total. The van der Waals surface area contributed by atoms with Crippen molar-refractivity contribution in [1.82, 2.24) is 15.1 Å². The van der Waals surface area contributed by atoms with Gasteiger partial charge >= 0.3 is 0 Å². The SMILES string of the molecule is CCNC(=NCC1CCN(CCOC)CC1)N1CCN(c2ccccc2OC)CC1.I. The van der Waals surface area contributed by atoms with Gasteiger partial charge in [0.1, 0.15) is 5.75 Å².